The number of aromatic amines is 1. The second-order valence-corrected chi connectivity index (χ2v) is 7.52. The number of benzene rings is 2. The molecule has 1 N–H and O–H groups in total. The fraction of sp³-hybridized carbons (Fsp3) is 0.238. The van der Waals surface area contributed by atoms with Crippen molar-refractivity contribution in [1.82, 2.24) is 25.6 Å². The molecule has 2 heterocycles. The van der Waals surface area contributed by atoms with E-state index in [9.17, 15) is 4.39 Å². The maximum Gasteiger partial charge on any atom is 0.207 e. The Kier molecular flexibility index (Phi) is 4.28. The third-order valence-corrected chi connectivity index (χ3v) is 5.72. The maximum atomic E-state index is 14.3. The van der Waals surface area contributed by atoms with E-state index >= 15 is 0 Å². The van der Waals surface area contributed by atoms with Gasteiger partial charge in [0.05, 0.1) is 21.8 Å². The van der Waals surface area contributed by atoms with Gasteiger partial charge < -0.3 is 0 Å². The smallest absolute Gasteiger partial charge is 0.207 e. The predicted octanol–water partition coefficient (Wildman–Crippen LogP) is 5.53. The standard InChI is InChI=1S/C21H17ClFN5/c22-15-10-14-17(11-16(15)23)24-20(13-8-4-5-9-13)19(21-25-27-28-26-21)18(14)12-6-2-1-3-7-12/h1-3,6-7,10-11,13H,4-5,8-9H2,(H,25,26,27,28). The van der Waals surface area contributed by atoms with Crippen LogP contribution in [0.1, 0.15) is 37.3 Å². The van der Waals surface area contributed by atoms with Crippen LogP contribution >= 0.6 is 11.6 Å². The van der Waals surface area contributed by atoms with Crippen molar-refractivity contribution in [3.63, 3.8) is 0 Å². The van der Waals surface area contributed by atoms with E-state index < -0.39 is 5.82 Å². The first kappa shape index (κ1) is 17.3. The van der Waals surface area contributed by atoms with Gasteiger partial charge in [-0.05, 0) is 29.7 Å². The van der Waals surface area contributed by atoms with Gasteiger partial charge in [-0.1, -0.05) is 54.8 Å². The maximum absolute atomic E-state index is 14.3. The van der Waals surface area contributed by atoms with Gasteiger partial charge in [-0.25, -0.2) is 4.39 Å². The average Bonchev–Trinajstić information content (AvgIpc) is 3.42. The highest BCUT2D eigenvalue weighted by atomic mass is 35.5. The van der Waals surface area contributed by atoms with Gasteiger partial charge in [0.25, 0.3) is 0 Å². The highest BCUT2D eigenvalue weighted by Gasteiger charge is 2.28. The minimum Gasteiger partial charge on any atom is -0.252 e. The highest BCUT2D eigenvalue weighted by Crippen LogP contribution is 2.45. The molecule has 4 aromatic rings. The topological polar surface area (TPSA) is 67.3 Å². The molecule has 2 aromatic carbocycles. The van der Waals surface area contributed by atoms with Gasteiger partial charge in [-0.3, -0.25) is 4.98 Å². The zero-order valence-corrected chi connectivity index (χ0v) is 15.7. The third kappa shape index (κ3) is 2.85. The van der Waals surface area contributed by atoms with Gasteiger partial charge in [-0.15, -0.1) is 10.2 Å². The molecule has 1 fully saturated rings. The lowest BCUT2D eigenvalue weighted by molar-refractivity contribution is 0.629. The number of fused-ring (bicyclic) bond motifs is 1. The molecular formula is C21H17ClFN5. The Morgan fingerprint density at radius 3 is 2.54 bits per heavy atom. The molecule has 0 saturated heterocycles. The molecule has 5 rings (SSSR count). The minimum absolute atomic E-state index is 0.0687. The van der Waals surface area contributed by atoms with E-state index in [4.69, 9.17) is 16.6 Å². The van der Waals surface area contributed by atoms with Crippen molar-refractivity contribution in [2.75, 3.05) is 0 Å². The number of pyridine rings is 1. The van der Waals surface area contributed by atoms with Crippen LogP contribution in [0.4, 0.5) is 4.39 Å². The summed E-state index contributed by atoms with van der Waals surface area (Å²) in [6.07, 6.45) is 4.42. The zero-order valence-electron chi connectivity index (χ0n) is 15.0. The normalized spacial score (nSPS) is 14.8. The first-order valence-electron chi connectivity index (χ1n) is 9.34. The number of rotatable bonds is 3. The Bertz CT molecular complexity index is 1140. The van der Waals surface area contributed by atoms with Crippen molar-refractivity contribution in [3.8, 4) is 22.5 Å². The molecule has 0 bridgehead atoms. The molecule has 28 heavy (non-hydrogen) atoms. The summed E-state index contributed by atoms with van der Waals surface area (Å²) in [6.45, 7) is 0. The SMILES string of the molecule is Fc1cc2nc(C3CCCC3)c(-c3nn[nH]n3)c(-c3ccccc3)c2cc1Cl. The van der Waals surface area contributed by atoms with Crippen LogP contribution in [0.5, 0.6) is 0 Å². The summed E-state index contributed by atoms with van der Waals surface area (Å²) in [6, 6.07) is 13.0. The monoisotopic (exact) mass is 393 g/mol. The van der Waals surface area contributed by atoms with Crippen molar-refractivity contribution in [2.45, 2.75) is 31.6 Å². The molecule has 0 unspecified atom stereocenters. The van der Waals surface area contributed by atoms with Crippen LogP contribution in [0.25, 0.3) is 33.4 Å². The molecule has 2 aromatic heterocycles. The van der Waals surface area contributed by atoms with Crippen molar-refractivity contribution >= 4 is 22.5 Å². The molecule has 140 valence electrons. The molecule has 7 heteroatoms. The number of hydrogen-bond acceptors (Lipinski definition) is 4. The van der Waals surface area contributed by atoms with Gasteiger partial charge in [0, 0.05) is 22.9 Å². The minimum atomic E-state index is -0.467. The summed E-state index contributed by atoms with van der Waals surface area (Å²) in [7, 11) is 0. The highest BCUT2D eigenvalue weighted by molar-refractivity contribution is 6.31. The third-order valence-electron chi connectivity index (χ3n) is 5.43. The van der Waals surface area contributed by atoms with E-state index in [1.807, 2.05) is 30.3 Å². The largest absolute Gasteiger partial charge is 0.252 e. The Morgan fingerprint density at radius 2 is 1.82 bits per heavy atom. The average molecular weight is 394 g/mol. The van der Waals surface area contributed by atoms with Gasteiger partial charge in [0.15, 0.2) is 0 Å². The van der Waals surface area contributed by atoms with E-state index in [1.54, 1.807) is 6.07 Å². The lowest BCUT2D eigenvalue weighted by atomic mass is 9.89. The summed E-state index contributed by atoms with van der Waals surface area (Å²) in [4.78, 5) is 4.88. The van der Waals surface area contributed by atoms with Crippen molar-refractivity contribution < 1.29 is 4.39 Å². The number of H-pyrrole nitrogens is 1. The van der Waals surface area contributed by atoms with Gasteiger partial charge in [0.1, 0.15) is 5.82 Å². The van der Waals surface area contributed by atoms with E-state index in [2.05, 4.69) is 20.6 Å². The van der Waals surface area contributed by atoms with Crippen LogP contribution in [-0.4, -0.2) is 25.6 Å². The van der Waals surface area contributed by atoms with Crippen LogP contribution in [0.3, 0.4) is 0 Å². The lowest BCUT2D eigenvalue weighted by Gasteiger charge is -2.19. The summed E-state index contributed by atoms with van der Waals surface area (Å²) >= 11 is 6.14. The number of tetrazole rings is 1. The van der Waals surface area contributed by atoms with E-state index in [1.165, 1.54) is 6.07 Å². The number of halogens is 2. The lowest BCUT2D eigenvalue weighted by Crippen LogP contribution is -2.05. The Labute approximate surface area is 166 Å². The van der Waals surface area contributed by atoms with Crippen LogP contribution < -0.4 is 0 Å². The Hall–Kier alpha value is -2.86. The second kappa shape index (κ2) is 6.95. The molecule has 0 aliphatic heterocycles. The van der Waals surface area contributed by atoms with Crippen LogP contribution in [-0.2, 0) is 0 Å². The van der Waals surface area contributed by atoms with Crippen LogP contribution in [0, 0.1) is 5.82 Å². The summed E-state index contributed by atoms with van der Waals surface area (Å²) in [5, 5.41) is 15.7. The van der Waals surface area contributed by atoms with E-state index in [-0.39, 0.29) is 5.02 Å². The van der Waals surface area contributed by atoms with E-state index in [0.717, 1.165) is 53.5 Å². The van der Waals surface area contributed by atoms with Crippen LogP contribution in [0.15, 0.2) is 42.5 Å². The fourth-order valence-electron chi connectivity index (χ4n) is 4.17. The quantitative estimate of drug-likeness (QED) is 0.496. The van der Waals surface area contributed by atoms with Crippen molar-refractivity contribution in [2.24, 2.45) is 0 Å². The van der Waals surface area contributed by atoms with Crippen molar-refractivity contribution in [3.05, 3.63) is 59.0 Å². The van der Waals surface area contributed by atoms with Crippen molar-refractivity contribution in [1.29, 1.82) is 0 Å². The van der Waals surface area contributed by atoms with E-state index in [0.29, 0.717) is 17.3 Å². The van der Waals surface area contributed by atoms with Gasteiger partial charge in [0.2, 0.25) is 5.82 Å². The molecule has 0 atom stereocenters. The zero-order chi connectivity index (χ0) is 19.1. The van der Waals surface area contributed by atoms with Gasteiger partial charge in [-0.2, -0.15) is 5.21 Å². The molecule has 5 nitrogen and oxygen atoms in total. The first-order chi connectivity index (χ1) is 13.7. The summed E-state index contributed by atoms with van der Waals surface area (Å²) in [5.41, 5.74) is 4.25. The molecule has 1 aliphatic carbocycles. The van der Waals surface area contributed by atoms with Gasteiger partial charge >= 0.3 is 0 Å². The Balaban J connectivity index is 1.93. The summed E-state index contributed by atoms with van der Waals surface area (Å²) < 4.78 is 14.3. The molecule has 0 radical (unpaired) electrons. The summed E-state index contributed by atoms with van der Waals surface area (Å²) in [5.74, 6) is 0.320. The predicted molar refractivity (Wildman–Crippen MR) is 107 cm³/mol. The number of nitrogens with one attached hydrogen (secondary N) is 1. The molecule has 1 aliphatic rings. The number of nitrogens with zero attached hydrogens (tertiary/aromatic N) is 4. The Morgan fingerprint density at radius 1 is 1.04 bits per heavy atom. The molecular weight excluding hydrogens is 377 g/mol. The molecule has 0 spiro atoms. The van der Waals surface area contributed by atoms with Crippen LogP contribution in [0.2, 0.25) is 5.02 Å². The second-order valence-electron chi connectivity index (χ2n) is 7.11. The number of aromatic nitrogens is 5. The fourth-order valence-corrected chi connectivity index (χ4v) is 4.33. The molecule has 1 saturated carbocycles. The number of hydrogen-bond donors (Lipinski definition) is 1. The first-order valence-corrected chi connectivity index (χ1v) is 9.72. The molecule has 0 amide bonds.